The summed E-state index contributed by atoms with van der Waals surface area (Å²) in [6, 6.07) is 2.09. The van der Waals surface area contributed by atoms with Crippen molar-refractivity contribution in [1.82, 2.24) is 24.9 Å². The molecule has 0 aliphatic heterocycles. The summed E-state index contributed by atoms with van der Waals surface area (Å²) >= 11 is 0. The first kappa shape index (κ1) is 18.3. The van der Waals surface area contributed by atoms with Crippen LogP contribution < -0.4 is 5.32 Å². The molecule has 2 aromatic heterocycles. The summed E-state index contributed by atoms with van der Waals surface area (Å²) in [6.07, 6.45) is 6.63. The lowest BCUT2D eigenvalue weighted by molar-refractivity contribution is -0.148. The van der Waals surface area contributed by atoms with Crippen LogP contribution in [0.5, 0.6) is 0 Å². The maximum atomic E-state index is 12.0. The lowest BCUT2D eigenvalue weighted by Crippen LogP contribution is -2.37. The molecule has 0 atom stereocenters. The van der Waals surface area contributed by atoms with E-state index in [4.69, 9.17) is 4.74 Å². The molecule has 1 saturated carbocycles. The molecule has 8 heteroatoms. The Labute approximate surface area is 152 Å². The molecule has 26 heavy (non-hydrogen) atoms. The molecule has 0 saturated heterocycles. The first-order chi connectivity index (χ1) is 12.5. The second kappa shape index (κ2) is 8.25. The fourth-order valence-corrected chi connectivity index (χ4v) is 3.30. The van der Waals surface area contributed by atoms with E-state index in [-0.39, 0.29) is 25.0 Å². The molecule has 0 aromatic carbocycles. The van der Waals surface area contributed by atoms with Crippen LogP contribution in [0, 0.1) is 13.8 Å². The molecule has 3 rings (SSSR count). The Bertz CT molecular complexity index is 793. The van der Waals surface area contributed by atoms with Crippen LogP contribution in [-0.4, -0.2) is 44.1 Å². The summed E-state index contributed by atoms with van der Waals surface area (Å²) in [6.45, 7) is 3.51. The maximum Gasteiger partial charge on any atom is 0.314 e. The monoisotopic (exact) mass is 359 g/mol. The molecule has 1 amide bonds. The Morgan fingerprint density at radius 1 is 1.19 bits per heavy atom. The molecule has 1 aliphatic carbocycles. The normalized spacial score (nSPS) is 15.6. The van der Waals surface area contributed by atoms with Crippen molar-refractivity contribution in [1.29, 1.82) is 0 Å². The van der Waals surface area contributed by atoms with Gasteiger partial charge in [0, 0.05) is 17.4 Å². The van der Waals surface area contributed by atoms with E-state index < -0.39 is 5.97 Å². The first-order valence-electron chi connectivity index (χ1n) is 9.16. The van der Waals surface area contributed by atoms with Crippen LogP contribution in [0.15, 0.2) is 6.07 Å². The van der Waals surface area contributed by atoms with Gasteiger partial charge < -0.3 is 10.1 Å². The zero-order valence-electron chi connectivity index (χ0n) is 15.3. The SMILES string of the molecule is Cc1cc(C)n2nc(CC(=O)OCC(=O)NC3CCCCCC3)nc2n1. The largest absolute Gasteiger partial charge is 0.455 e. The molecule has 2 aromatic rings. The van der Waals surface area contributed by atoms with Crippen LogP contribution >= 0.6 is 0 Å². The van der Waals surface area contributed by atoms with Gasteiger partial charge in [0.2, 0.25) is 0 Å². The van der Waals surface area contributed by atoms with E-state index in [1.807, 2.05) is 19.9 Å². The average Bonchev–Trinajstić information content (AvgIpc) is 2.81. The van der Waals surface area contributed by atoms with Gasteiger partial charge in [-0.1, -0.05) is 25.7 Å². The Morgan fingerprint density at radius 2 is 1.92 bits per heavy atom. The molecule has 2 heterocycles. The summed E-state index contributed by atoms with van der Waals surface area (Å²) in [5, 5.41) is 7.22. The minimum absolute atomic E-state index is 0.0848. The minimum atomic E-state index is -0.522. The van der Waals surface area contributed by atoms with Crippen molar-refractivity contribution in [2.75, 3.05) is 6.61 Å². The average molecular weight is 359 g/mol. The van der Waals surface area contributed by atoms with Crippen LogP contribution in [0.3, 0.4) is 0 Å². The van der Waals surface area contributed by atoms with Gasteiger partial charge in [0.1, 0.15) is 6.42 Å². The number of aryl methyl sites for hydroxylation is 2. The van der Waals surface area contributed by atoms with Gasteiger partial charge in [-0.05, 0) is 32.8 Å². The number of nitrogens with one attached hydrogen (secondary N) is 1. The van der Waals surface area contributed by atoms with E-state index in [1.54, 1.807) is 4.52 Å². The first-order valence-corrected chi connectivity index (χ1v) is 9.16. The number of ether oxygens (including phenoxy) is 1. The molecule has 1 fully saturated rings. The molecular formula is C18H25N5O3. The third-order valence-corrected chi connectivity index (χ3v) is 4.55. The number of hydrogen-bond donors (Lipinski definition) is 1. The third-order valence-electron chi connectivity index (χ3n) is 4.55. The molecule has 0 radical (unpaired) electrons. The number of aromatic nitrogens is 4. The van der Waals surface area contributed by atoms with Crippen molar-refractivity contribution in [3.63, 3.8) is 0 Å². The Morgan fingerprint density at radius 3 is 2.65 bits per heavy atom. The van der Waals surface area contributed by atoms with Crippen molar-refractivity contribution < 1.29 is 14.3 Å². The van der Waals surface area contributed by atoms with Crippen LogP contribution in [0.2, 0.25) is 0 Å². The van der Waals surface area contributed by atoms with Crippen molar-refractivity contribution in [3.05, 3.63) is 23.3 Å². The Hall–Kier alpha value is -2.51. The number of carbonyl (C=O) groups is 2. The highest BCUT2D eigenvalue weighted by Crippen LogP contribution is 2.17. The highest BCUT2D eigenvalue weighted by Gasteiger charge is 2.17. The third kappa shape index (κ3) is 4.77. The van der Waals surface area contributed by atoms with E-state index in [0.29, 0.717) is 11.6 Å². The Kier molecular flexibility index (Phi) is 5.80. The molecular weight excluding hydrogens is 334 g/mol. The number of hydrogen-bond acceptors (Lipinski definition) is 6. The second-order valence-corrected chi connectivity index (χ2v) is 6.87. The summed E-state index contributed by atoms with van der Waals surface area (Å²) in [5.41, 5.74) is 1.73. The summed E-state index contributed by atoms with van der Waals surface area (Å²) in [5.74, 6) is 0.0180. The lowest BCUT2D eigenvalue weighted by Gasteiger charge is -2.15. The van der Waals surface area contributed by atoms with E-state index in [9.17, 15) is 9.59 Å². The molecule has 140 valence electrons. The zero-order valence-corrected chi connectivity index (χ0v) is 15.3. The predicted molar refractivity (Wildman–Crippen MR) is 94.6 cm³/mol. The lowest BCUT2D eigenvalue weighted by atomic mass is 10.1. The van der Waals surface area contributed by atoms with Gasteiger partial charge >= 0.3 is 5.97 Å². The predicted octanol–water partition coefficient (Wildman–Crippen LogP) is 1.67. The summed E-state index contributed by atoms with van der Waals surface area (Å²) in [4.78, 5) is 32.5. The smallest absolute Gasteiger partial charge is 0.314 e. The fourth-order valence-electron chi connectivity index (χ4n) is 3.30. The number of rotatable bonds is 5. The number of amides is 1. The summed E-state index contributed by atoms with van der Waals surface area (Å²) in [7, 11) is 0. The van der Waals surface area contributed by atoms with E-state index in [1.165, 1.54) is 12.8 Å². The van der Waals surface area contributed by atoms with Crippen LogP contribution in [0.4, 0.5) is 0 Å². The summed E-state index contributed by atoms with van der Waals surface area (Å²) < 4.78 is 6.66. The fraction of sp³-hybridized carbons (Fsp3) is 0.611. The molecule has 0 unspecified atom stereocenters. The van der Waals surface area contributed by atoms with Gasteiger partial charge in [-0.2, -0.15) is 4.98 Å². The van der Waals surface area contributed by atoms with Gasteiger partial charge in [-0.15, -0.1) is 5.10 Å². The zero-order chi connectivity index (χ0) is 18.5. The van der Waals surface area contributed by atoms with Crippen molar-refractivity contribution in [2.24, 2.45) is 0 Å². The van der Waals surface area contributed by atoms with Crippen LogP contribution in [0.25, 0.3) is 5.78 Å². The quantitative estimate of drug-likeness (QED) is 0.644. The van der Waals surface area contributed by atoms with E-state index in [0.717, 1.165) is 37.1 Å². The minimum Gasteiger partial charge on any atom is -0.455 e. The van der Waals surface area contributed by atoms with Crippen molar-refractivity contribution in [3.8, 4) is 0 Å². The molecule has 8 nitrogen and oxygen atoms in total. The standard InChI is InChI=1S/C18H25N5O3/c1-12-9-13(2)23-18(19-12)21-15(22-23)10-17(25)26-11-16(24)20-14-7-5-3-4-6-8-14/h9,14H,3-8,10-11H2,1-2H3,(H,20,24). The Balaban J connectivity index is 1.49. The second-order valence-electron chi connectivity index (χ2n) is 6.87. The van der Waals surface area contributed by atoms with E-state index >= 15 is 0 Å². The molecule has 1 aliphatic rings. The number of esters is 1. The number of fused-ring (bicyclic) bond motifs is 1. The molecule has 0 bridgehead atoms. The number of nitrogens with zero attached hydrogens (tertiary/aromatic N) is 4. The van der Waals surface area contributed by atoms with Gasteiger partial charge in [-0.3, -0.25) is 9.59 Å². The number of carbonyl (C=O) groups excluding carboxylic acids is 2. The van der Waals surface area contributed by atoms with Gasteiger partial charge in [0.15, 0.2) is 12.4 Å². The molecule has 0 spiro atoms. The van der Waals surface area contributed by atoms with Gasteiger partial charge in [0.25, 0.3) is 11.7 Å². The highest BCUT2D eigenvalue weighted by atomic mass is 16.5. The van der Waals surface area contributed by atoms with Gasteiger partial charge in [0.05, 0.1) is 0 Å². The molecule has 1 N–H and O–H groups in total. The van der Waals surface area contributed by atoms with Crippen molar-refractivity contribution >= 4 is 17.7 Å². The van der Waals surface area contributed by atoms with Gasteiger partial charge in [-0.25, -0.2) is 9.50 Å². The van der Waals surface area contributed by atoms with Crippen LogP contribution in [-0.2, 0) is 20.7 Å². The maximum absolute atomic E-state index is 12.0. The topological polar surface area (TPSA) is 98.5 Å². The van der Waals surface area contributed by atoms with E-state index in [2.05, 4.69) is 20.4 Å². The van der Waals surface area contributed by atoms with Crippen molar-refractivity contribution in [2.45, 2.75) is 64.8 Å². The highest BCUT2D eigenvalue weighted by molar-refractivity contribution is 5.81. The van der Waals surface area contributed by atoms with Crippen LogP contribution in [0.1, 0.15) is 55.7 Å².